The molecular formula is C27H39N3O7. The number of aliphatic hydroxyl groups is 1. The Kier molecular flexibility index (Phi) is 9.26. The third kappa shape index (κ3) is 6.35. The maximum Gasteiger partial charge on any atom is 0.308 e. The van der Waals surface area contributed by atoms with Crippen LogP contribution in [0.5, 0.6) is 11.5 Å². The zero-order chi connectivity index (χ0) is 26.4. The third-order valence-corrected chi connectivity index (χ3v) is 7.78. The largest absolute Gasteiger partial charge is 0.481 e. The van der Waals surface area contributed by atoms with Crippen LogP contribution in [0, 0.1) is 5.92 Å². The number of likely N-dealkylation sites (tertiary alicyclic amines) is 2. The molecule has 0 radical (unpaired) electrons. The molecule has 2 amide bonds. The quantitative estimate of drug-likeness (QED) is 0.407. The average Bonchev–Trinajstić information content (AvgIpc) is 3.60. The molecule has 1 aromatic rings. The Morgan fingerprint density at radius 2 is 1.95 bits per heavy atom. The number of ether oxygens (including phenoxy) is 2. The van der Waals surface area contributed by atoms with Crippen molar-refractivity contribution < 1.29 is 34.1 Å². The number of aliphatic hydroxyl groups excluding tert-OH is 1. The lowest BCUT2D eigenvalue weighted by Crippen LogP contribution is -2.46. The van der Waals surface area contributed by atoms with Crippen molar-refractivity contribution >= 4 is 17.8 Å². The molecular weight excluding hydrogens is 478 g/mol. The molecule has 2 N–H and O–H groups in total. The fraction of sp³-hybridized carbons (Fsp3) is 0.667. The molecule has 0 saturated carbocycles. The molecule has 2 fully saturated rings. The number of nitrogens with zero attached hydrogens (tertiary/aromatic N) is 3. The number of fused-ring (bicyclic) bond motifs is 1. The minimum absolute atomic E-state index is 0.0133. The van der Waals surface area contributed by atoms with E-state index in [1.165, 1.54) is 0 Å². The van der Waals surface area contributed by atoms with Gasteiger partial charge in [0.1, 0.15) is 0 Å². The van der Waals surface area contributed by atoms with E-state index in [4.69, 9.17) is 9.47 Å². The van der Waals surface area contributed by atoms with E-state index < -0.39 is 17.9 Å². The van der Waals surface area contributed by atoms with Gasteiger partial charge in [0.15, 0.2) is 11.5 Å². The molecule has 3 aliphatic heterocycles. The first-order valence-corrected chi connectivity index (χ1v) is 13.5. The molecule has 204 valence electrons. The molecule has 1 aromatic carbocycles. The number of hydrogen-bond acceptors (Lipinski definition) is 7. The fourth-order valence-electron chi connectivity index (χ4n) is 5.81. The molecule has 0 aromatic heterocycles. The lowest BCUT2D eigenvalue weighted by atomic mass is 9.84. The predicted octanol–water partition coefficient (Wildman–Crippen LogP) is 1.91. The summed E-state index contributed by atoms with van der Waals surface area (Å²) in [6.07, 6.45) is 4.18. The van der Waals surface area contributed by atoms with Gasteiger partial charge in [-0.25, -0.2) is 0 Å². The van der Waals surface area contributed by atoms with Crippen LogP contribution in [-0.4, -0.2) is 101 Å². The summed E-state index contributed by atoms with van der Waals surface area (Å²) in [7, 11) is 0. The first-order valence-electron chi connectivity index (χ1n) is 13.5. The topological polar surface area (TPSA) is 120 Å². The van der Waals surface area contributed by atoms with E-state index in [1.807, 2.05) is 28.0 Å². The van der Waals surface area contributed by atoms with Gasteiger partial charge in [-0.3, -0.25) is 19.3 Å². The van der Waals surface area contributed by atoms with Crippen molar-refractivity contribution in [1.82, 2.24) is 14.7 Å². The lowest BCUT2D eigenvalue weighted by Gasteiger charge is -2.30. The highest BCUT2D eigenvalue weighted by Crippen LogP contribution is 2.42. The van der Waals surface area contributed by atoms with E-state index >= 15 is 0 Å². The van der Waals surface area contributed by atoms with Crippen molar-refractivity contribution in [3.05, 3.63) is 23.8 Å². The standard InChI is InChI=1S/C27H39N3O7/c1-2-3-10-28(12-5-14-31)25(33)17-30-16-20(19-7-8-22-23(15-19)37-18-36-22)26(27(34)35)21(30)9-13-29-11-4-6-24(29)32/h7-8,15,20-21,26,31H,2-6,9-14,16-18H2,1H3,(H,34,35)/t20-,21-,26+/m1/s1. The molecule has 3 aliphatic rings. The molecule has 10 heteroatoms. The molecule has 0 spiro atoms. The first-order chi connectivity index (χ1) is 17.9. The summed E-state index contributed by atoms with van der Waals surface area (Å²) >= 11 is 0. The Bertz CT molecular complexity index is 963. The van der Waals surface area contributed by atoms with Gasteiger partial charge >= 0.3 is 5.97 Å². The molecule has 3 heterocycles. The molecule has 10 nitrogen and oxygen atoms in total. The number of carbonyl (C=O) groups is 3. The van der Waals surface area contributed by atoms with E-state index in [0.29, 0.717) is 63.5 Å². The van der Waals surface area contributed by atoms with Gasteiger partial charge in [0.2, 0.25) is 18.6 Å². The first kappa shape index (κ1) is 27.2. The van der Waals surface area contributed by atoms with Crippen LogP contribution < -0.4 is 9.47 Å². The second-order valence-corrected chi connectivity index (χ2v) is 10.2. The Morgan fingerprint density at radius 1 is 1.16 bits per heavy atom. The molecule has 0 bridgehead atoms. The van der Waals surface area contributed by atoms with Crippen LogP contribution in [0.4, 0.5) is 0 Å². The Balaban J connectivity index is 1.57. The van der Waals surface area contributed by atoms with Crippen LogP contribution in [0.25, 0.3) is 0 Å². The zero-order valence-corrected chi connectivity index (χ0v) is 21.6. The number of aliphatic carboxylic acids is 1. The maximum atomic E-state index is 13.4. The van der Waals surface area contributed by atoms with Gasteiger partial charge in [0.05, 0.1) is 12.5 Å². The highest BCUT2D eigenvalue weighted by atomic mass is 16.7. The maximum absolute atomic E-state index is 13.4. The molecule has 4 rings (SSSR count). The van der Waals surface area contributed by atoms with Crippen molar-refractivity contribution in [2.45, 2.75) is 57.4 Å². The van der Waals surface area contributed by atoms with Crippen LogP contribution in [0.2, 0.25) is 0 Å². The summed E-state index contributed by atoms with van der Waals surface area (Å²) in [5.41, 5.74) is 0.844. The number of benzene rings is 1. The lowest BCUT2D eigenvalue weighted by molar-refractivity contribution is -0.144. The summed E-state index contributed by atoms with van der Waals surface area (Å²) in [5, 5.41) is 19.7. The Labute approximate surface area is 218 Å². The SMILES string of the molecule is CCCCN(CCCO)C(=O)CN1C[C@H](c2ccc3c(c2)OCO3)[C@H](C(=O)O)[C@H]1CCN1CCCC1=O. The van der Waals surface area contributed by atoms with Crippen LogP contribution in [-0.2, 0) is 14.4 Å². The van der Waals surface area contributed by atoms with Crippen molar-refractivity contribution in [2.75, 3.05) is 52.7 Å². The molecule has 0 unspecified atom stereocenters. The normalized spacial score (nSPS) is 23.1. The smallest absolute Gasteiger partial charge is 0.308 e. The van der Waals surface area contributed by atoms with Gasteiger partial charge in [0, 0.05) is 57.7 Å². The van der Waals surface area contributed by atoms with Crippen LogP contribution in [0.3, 0.4) is 0 Å². The van der Waals surface area contributed by atoms with Crippen LogP contribution in [0.15, 0.2) is 18.2 Å². The Hall–Kier alpha value is -2.85. The average molecular weight is 518 g/mol. The summed E-state index contributed by atoms with van der Waals surface area (Å²) < 4.78 is 11.0. The van der Waals surface area contributed by atoms with Crippen LogP contribution >= 0.6 is 0 Å². The van der Waals surface area contributed by atoms with Crippen molar-refractivity contribution in [3.63, 3.8) is 0 Å². The van der Waals surface area contributed by atoms with Crippen LogP contribution in [0.1, 0.15) is 56.9 Å². The number of carboxylic acid groups (broad SMARTS) is 1. The molecule has 37 heavy (non-hydrogen) atoms. The summed E-state index contributed by atoms with van der Waals surface area (Å²) in [5.74, 6) is -0.675. The number of amides is 2. The number of carbonyl (C=O) groups excluding carboxylic acids is 2. The third-order valence-electron chi connectivity index (χ3n) is 7.78. The molecule has 2 saturated heterocycles. The summed E-state index contributed by atoms with van der Waals surface area (Å²) in [6.45, 7) is 5.02. The van der Waals surface area contributed by atoms with Crippen molar-refractivity contribution in [2.24, 2.45) is 5.92 Å². The van der Waals surface area contributed by atoms with E-state index in [0.717, 1.165) is 24.8 Å². The van der Waals surface area contributed by atoms with E-state index in [1.54, 1.807) is 4.90 Å². The highest BCUT2D eigenvalue weighted by molar-refractivity contribution is 5.79. The monoisotopic (exact) mass is 517 g/mol. The fourth-order valence-corrected chi connectivity index (χ4v) is 5.81. The van der Waals surface area contributed by atoms with E-state index in [-0.39, 0.29) is 37.7 Å². The van der Waals surface area contributed by atoms with Crippen molar-refractivity contribution in [3.8, 4) is 11.5 Å². The number of carboxylic acids is 1. The molecule has 3 atom stereocenters. The van der Waals surface area contributed by atoms with Gasteiger partial charge in [-0.15, -0.1) is 0 Å². The minimum atomic E-state index is -0.904. The van der Waals surface area contributed by atoms with E-state index in [9.17, 15) is 24.6 Å². The minimum Gasteiger partial charge on any atom is -0.481 e. The second kappa shape index (κ2) is 12.6. The van der Waals surface area contributed by atoms with Gasteiger partial charge in [-0.2, -0.15) is 0 Å². The zero-order valence-electron chi connectivity index (χ0n) is 21.6. The predicted molar refractivity (Wildman–Crippen MR) is 135 cm³/mol. The van der Waals surface area contributed by atoms with Gasteiger partial charge in [-0.1, -0.05) is 19.4 Å². The number of hydrogen-bond donors (Lipinski definition) is 2. The van der Waals surface area contributed by atoms with Gasteiger partial charge in [0.25, 0.3) is 0 Å². The van der Waals surface area contributed by atoms with Crippen molar-refractivity contribution in [1.29, 1.82) is 0 Å². The Morgan fingerprint density at radius 3 is 2.65 bits per heavy atom. The highest BCUT2D eigenvalue weighted by Gasteiger charge is 2.47. The summed E-state index contributed by atoms with van der Waals surface area (Å²) in [6, 6.07) is 5.15. The van der Waals surface area contributed by atoms with E-state index in [2.05, 4.69) is 6.92 Å². The summed E-state index contributed by atoms with van der Waals surface area (Å²) in [4.78, 5) is 43.9. The number of unbranched alkanes of at least 4 members (excludes halogenated alkanes) is 1. The van der Waals surface area contributed by atoms with Gasteiger partial charge in [-0.05, 0) is 43.4 Å². The molecule has 0 aliphatic carbocycles. The number of rotatable bonds is 13. The second-order valence-electron chi connectivity index (χ2n) is 10.2. The van der Waals surface area contributed by atoms with Gasteiger partial charge < -0.3 is 29.5 Å².